The molecule has 2 unspecified atom stereocenters. The molecule has 1 aliphatic rings. The van der Waals surface area contributed by atoms with Crippen molar-refractivity contribution in [2.45, 2.75) is 39.5 Å². The molecule has 0 bridgehead atoms. The molecular weight excluding hydrogens is 360 g/mol. The molecule has 0 saturated carbocycles. The predicted octanol–water partition coefficient (Wildman–Crippen LogP) is 3.87. The van der Waals surface area contributed by atoms with E-state index < -0.39 is 22.7 Å². The third-order valence-electron chi connectivity index (χ3n) is 5.01. The van der Waals surface area contributed by atoms with E-state index in [0.29, 0.717) is 17.1 Å². The van der Waals surface area contributed by atoms with Crippen molar-refractivity contribution in [1.82, 2.24) is 9.78 Å². The van der Waals surface area contributed by atoms with Crippen molar-refractivity contribution < 1.29 is 14.5 Å². The van der Waals surface area contributed by atoms with Gasteiger partial charge in [-0.3, -0.25) is 19.6 Å². The minimum absolute atomic E-state index is 0.0268. The van der Waals surface area contributed by atoms with Crippen molar-refractivity contribution in [3.05, 3.63) is 51.2 Å². The van der Waals surface area contributed by atoms with Crippen LogP contribution in [0.3, 0.4) is 0 Å². The summed E-state index contributed by atoms with van der Waals surface area (Å²) in [6.45, 7) is 7.73. The zero-order valence-corrected chi connectivity index (χ0v) is 16.7. The van der Waals surface area contributed by atoms with Gasteiger partial charge in [0.25, 0.3) is 5.69 Å². The first-order chi connectivity index (χ1) is 13.3. The lowest BCUT2D eigenvalue weighted by Gasteiger charge is -2.30. The van der Waals surface area contributed by atoms with Gasteiger partial charge in [0, 0.05) is 35.9 Å². The lowest BCUT2D eigenvalue weighted by molar-refractivity contribution is -0.385. The van der Waals surface area contributed by atoms with Crippen molar-refractivity contribution in [2.75, 3.05) is 6.61 Å². The molecule has 0 spiro atoms. The van der Waals surface area contributed by atoms with Crippen LogP contribution >= 0.6 is 0 Å². The number of nitro groups is 1. The zero-order chi connectivity index (χ0) is 20.6. The fourth-order valence-corrected chi connectivity index (χ4v) is 3.84. The van der Waals surface area contributed by atoms with Crippen LogP contribution in [0, 0.1) is 16.0 Å². The molecule has 0 saturated heterocycles. The molecule has 1 aromatic heterocycles. The Kier molecular flexibility index (Phi) is 5.31. The van der Waals surface area contributed by atoms with Gasteiger partial charge in [-0.05, 0) is 19.8 Å². The van der Waals surface area contributed by atoms with E-state index in [-0.39, 0.29) is 18.2 Å². The summed E-state index contributed by atoms with van der Waals surface area (Å²) in [7, 11) is 1.79. The summed E-state index contributed by atoms with van der Waals surface area (Å²) in [6, 6.07) is 6.53. The Morgan fingerprint density at radius 3 is 2.64 bits per heavy atom. The van der Waals surface area contributed by atoms with Crippen LogP contribution < -0.4 is 0 Å². The van der Waals surface area contributed by atoms with Gasteiger partial charge in [0.15, 0.2) is 5.82 Å². The molecule has 28 heavy (non-hydrogen) atoms. The molecule has 8 nitrogen and oxygen atoms in total. The molecular formula is C20H24N4O4. The fraction of sp³-hybridized carbons (Fsp3) is 0.450. The summed E-state index contributed by atoms with van der Waals surface area (Å²) in [6.07, 6.45) is 0. The first-order valence-electron chi connectivity index (χ1n) is 9.29. The minimum atomic E-state index is -0.741. The van der Waals surface area contributed by atoms with Crippen LogP contribution in [0.1, 0.15) is 56.4 Å². The Balaban J connectivity index is 2.34. The van der Waals surface area contributed by atoms with Crippen molar-refractivity contribution in [2.24, 2.45) is 18.0 Å². The van der Waals surface area contributed by atoms with Crippen molar-refractivity contribution >= 4 is 23.2 Å². The van der Waals surface area contributed by atoms with Gasteiger partial charge in [0.05, 0.1) is 17.2 Å². The van der Waals surface area contributed by atoms with Crippen LogP contribution in [0.25, 0.3) is 0 Å². The van der Waals surface area contributed by atoms with E-state index in [1.54, 1.807) is 43.8 Å². The Labute approximate surface area is 163 Å². The average molecular weight is 384 g/mol. The number of hydrogen-bond donors (Lipinski definition) is 0. The molecule has 2 aromatic rings. The lowest BCUT2D eigenvalue weighted by Crippen LogP contribution is -2.34. The van der Waals surface area contributed by atoms with E-state index in [1.165, 1.54) is 6.07 Å². The number of ether oxygens (including phenoxy) is 1. The number of aromatic nitrogens is 2. The van der Waals surface area contributed by atoms with Crippen LogP contribution in [0.2, 0.25) is 0 Å². The molecule has 0 amide bonds. The maximum Gasteiger partial charge on any atom is 0.315 e. The summed E-state index contributed by atoms with van der Waals surface area (Å²) in [5.41, 5.74) is 2.55. The van der Waals surface area contributed by atoms with Crippen LogP contribution in [0.5, 0.6) is 0 Å². The number of benzene rings is 1. The van der Waals surface area contributed by atoms with E-state index in [0.717, 1.165) is 11.3 Å². The highest BCUT2D eigenvalue weighted by atomic mass is 16.6. The van der Waals surface area contributed by atoms with Crippen LogP contribution in [-0.4, -0.2) is 33.0 Å². The smallest absolute Gasteiger partial charge is 0.315 e. The second-order valence-electron chi connectivity index (χ2n) is 7.18. The number of fused-ring (bicyclic) bond motifs is 1. The molecule has 8 heteroatoms. The third kappa shape index (κ3) is 3.19. The van der Waals surface area contributed by atoms with Gasteiger partial charge < -0.3 is 4.74 Å². The van der Waals surface area contributed by atoms with E-state index in [2.05, 4.69) is 10.1 Å². The van der Waals surface area contributed by atoms with Gasteiger partial charge in [0.2, 0.25) is 0 Å². The number of nitro benzene ring substituents is 1. The van der Waals surface area contributed by atoms with Crippen LogP contribution in [-0.2, 0) is 16.6 Å². The summed E-state index contributed by atoms with van der Waals surface area (Å²) in [5, 5.41) is 16.3. The zero-order valence-electron chi connectivity index (χ0n) is 16.7. The molecule has 1 aromatic carbocycles. The Bertz CT molecular complexity index is 961. The summed E-state index contributed by atoms with van der Waals surface area (Å²) >= 11 is 0. The maximum atomic E-state index is 12.9. The quantitative estimate of drug-likeness (QED) is 0.443. The van der Waals surface area contributed by atoms with Crippen molar-refractivity contribution in [3.63, 3.8) is 0 Å². The van der Waals surface area contributed by atoms with E-state index in [9.17, 15) is 14.9 Å². The van der Waals surface area contributed by atoms with E-state index >= 15 is 0 Å². The summed E-state index contributed by atoms with van der Waals surface area (Å²) < 4.78 is 6.99. The number of nitrogens with zero attached hydrogens (tertiary/aromatic N) is 4. The molecule has 1 aliphatic heterocycles. The van der Waals surface area contributed by atoms with Gasteiger partial charge in [-0.2, -0.15) is 5.10 Å². The van der Waals surface area contributed by atoms with E-state index in [1.807, 2.05) is 13.8 Å². The number of esters is 1. The first kappa shape index (κ1) is 19.7. The number of aliphatic imine (C=N–C) groups is 1. The number of rotatable bonds is 5. The maximum absolute atomic E-state index is 12.9. The largest absolute Gasteiger partial charge is 0.465 e. The highest BCUT2D eigenvalue weighted by Gasteiger charge is 2.44. The Morgan fingerprint density at radius 1 is 1.36 bits per heavy atom. The second-order valence-corrected chi connectivity index (χ2v) is 7.18. The number of carbonyl (C=O) groups is 1. The minimum Gasteiger partial charge on any atom is -0.465 e. The second kappa shape index (κ2) is 7.53. The molecule has 0 aliphatic carbocycles. The SMILES string of the molecule is CCOC(=O)C1C(C)=Nc2c(c(C(C)C)nn2C)C1c1ccccc1[N+](=O)[O-]. The molecule has 0 fully saturated rings. The Morgan fingerprint density at radius 2 is 2.04 bits per heavy atom. The van der Waals surface area contributed by atoms with Crippen LogP contribution in [0.15, 0.2) is 29.3 Å². The normalized spacial score (nSPS) is 18.6. The predicted molar refractivity (Wildman–Crippen MR) is 105 cm³/mol. The molecule has 148 valence electrons. The topological polar surface area (TPSA) is 99.6 Å². The van der Waals surface area contributed by atoms with Crippen molar-refractivity contribution in [1.29, 1.82) is 0 Å². The number of para-hydroxylation sites is 1. The summed E-state index contributed by atoms with van der Waals surface area (Å²) in [4.78, 5) is 28.8. The number of aryl methyl sites for hydroxylation is 1. The standard InChI is InChI=1S/C20H24N4O4/c1-6-28-20(25)15-12(4)21-19-17(18(11(2)3)22-23(19)5)16(15)13-9-7-8-10-14(13)24(26)27/h7-11,15-16H,6H2,1-5H3. The molecule has 3 rings (SSSR count). The molecule has 0 radical (unpaired) electrons. The average Bonchev–Trinajstić information content (AvgIpc) is 2.97. The lowest BCUT2D eigenvalue weighted by atomic mass is 9.75. The van der Waals surface area contributed by atoms with Crippen LogP contribution in [0.4, 0.5) is 11.5 Å². The molecule has 2 atom stereocenters. The van der Waals surface area contributed by atoms with Gasteiger partial charge in [-0.15, -0.1) is 0 Å². The van der Waals surface area contributed by atoms with Gasteiger partial charge in [-0.1, -0.05) is 32.0 Å². The highest BCUT2D eigenvalue weighted by molar-refractivity contribution is 6.05. The summed E-state index contributed by atoms with van der Waals surface area (Å²) in [5.74, 6) is -1.06. The number of carbonyl (C=O) groups excluding carboxylic acids is 1. The molecule has 0 N–H and O–H groups in total. The van der Waals surface area contributed by atoms with E-state index in [4.69, 9.17) is 4.74 Å². The number of hydrogen-bond acceptors (Lipinski definition) is 6. The van der Waals surface area contributed by atoms with Gasteiger partial charge in [-0.25, -0.2) is 4.99 Å². The monoisotopic (exact) mass is 384 g/mol. The Hall–Kier alpha value is -3.03. The van der Waals surface area contributed by atoms with Crippen molar-refractivity contribution in [3.8, 4) is 0 Å². The third-order valence-corrected chi connectivity index (χ3v) is 5.01. The molecule has 2 heterocycles. The van der Waals surface area contributed by atoms with Gasteiger partial charge in [0.1, 0.15) is 5.92 Å². The van der Waals surface area contributed by atoms with Gasteiger partial charge >= 0.3 is 5.97 Å². The highest BCUT2D eigenvalue weighted by Crippen LogP contribution is 2.48. The fourth-order valence-electron chi connectivity index (χ4n) is 3.84. The first-order valence-corrected chi connectivity index (χ1v) is 9.29.